The van der Waals surface area contributed by atoms with E-state index in [1.807, 2.05) is 23.9 Å². The van der Waals surface area contributed by atoms with Crippen molar-refractivity contribution in [3.05, 3.63) is 63.7 Å². The average Bonchev–Trinajstić information content (AvgIpc) is 2.91. The smallest absolute Gasteiger partial charge is 0.271 e. The van der Waals surface area contributed by atoms with Crippen molar-refractivity contribution in [3.8, 4) is 28.7 Å². The average molecular weight is 552 g/mol. The molecule has 0 radical (unpaired) electrons. The molecule has 1 fully saturated rings. The van der Waals surface area contributed by atoms with Gasteiger partial charge in [0.1, 0.15) is 29.8 Å². The molecule has 0 saturated carbocycles. The molecule has 1 atom stereocenters. The Kier molecular flexibility index (Phi) is 6.97. The summed E-state index contributed by atoms with van der Waals surface area (Å²) in [5.41, 5.74) is 0.229. The molecule has 202 valence electrons. The summed E-state index contributed by atoms with van der Waals surface area (Å²) in [6.45, 7) is 5.57. The van der Waals surface area contributed by atoms with E-state index in [0.29, 0.717) is 49.3 Å². The molecule has 0 unspecified atom stereocenters. The minimum Gasteiger partial charge on any atom is -0.507 e. The zero-order valence-corrected chi connectivity index (χ0v) is 22.3. The van der Waals surface area contributed by atoms with Crippen LogP contribution in [-0.4, -0.2) is 78.8 Å². The van der Waals surface area contributed by atoms with Crippen molar-refractivity contribution in [1.29, 1.82) is 5.26 Å². The third kappa shape index (κ3) is 4.37. The van der Waals surface area contributed by atoms with E-state index in [1.54, 1.807) is 11.0 Å². The number of likely N-dealkylation sites (N-methyl/N-ethyl adjacent to an activating group) is 1. The summed E-state index contributed by atoms with van der Waals surface area (Å²) in [7, 11) is 3.73. The highest BCUT2D eigenvalue weighted by atomic mass is 35.5. The lowest BCUT2D eigenvalue weighted by molar-refractivity contribution is -0.126. The number of halogens is 2. The minimum absolute atomic E-state index is 0.0415. The summed E-state index contributed by atoms with van der Waals surface area (Å²) in [5, 5.41) is 21.4. The van der Waals surface area contributed by atoms with E-state index in [9.17, 15) is 20.0 Å². The quantitative estimate of drug-likeness (QED) is 0.485. The van der Waals surface area contributed by atoms with Gasteiger partial charge in [0, 0.05) is 38.1 Å². The second-order valence-corrected chi connectivity index (χ2v) is 10.3. The Hall–Kier alpha value is -4.07. The highest BCUT2D eigenvalue weighted by Gasteiger charge is 2.35. The molecular formula is C28H27ClFN5O4. The number of carbonyl (C=O) groups is 1. The molecular weight excluding hydrogens is 525 g/mol. The molecule has 9 nitrogen and oxygen atoms in total. The summed E-state index contributed by atoms with van der Waals surface area (Å²) < 4.78 is 22.8. The first-order chi connectivity index (χ1) is 18.7. The van der Waals surface area contributed by atoms with E-state index in [4.69, 9.17) is 16.3 Å². The van der Waals surface area contributed by atoms with Crippen LogP contribution >= 0.6 is 11.6 Å². The fraction of sp³-hybridized carbons (Fsp3) is 0.321. The van der Waals surface area contributed by atoms with Gasteiger partial charge in [0.15, 0.2) is 5.75 Å². The number of pyridine rings is 1. The normalized spacial score (nSPS) is 16.8. The first-order valence-corrected chi connectivity index (χ1v) is 12.8. The lowest BCUT2D eigenvalue weighted by atomic mass is 9.96. The number of phenols is 1. The summed E-state index contributed by atoms with van der Waals surface area (Å²) in [6.07, 6.45) is 1.26. The molecule has 1 saturated heterocycles. The molecule has 2 aliphatic heterocycles. The standard InChI is InChI=1S/C28H27ClFN5O4/c1-4-22(37)33-8-10-34(11-9-33)25-17-12-19(29)23(24-20(30)6-5-7-21(24)36)27-26(17)35(28(38)18(25)13-31)16(15-39-27)14-32(2)3/h4-7,12,16,36H,1,8-11,14-15H2,2-3H3/t16-/m0/s1. The Morgan fingerprint density at radius 2 is 2.03 bits per heavy atom. The molecule has 3 aromatic rings. The summed E-state index contributed by atoms with van der Waals surface area (Å²) in [5.74, 6) is -1.05. The maximum Gasteiger partial charge on any atom is 0.271 e. The van der Waals surface area contributed by atoms with Crippen LogP contribution in [0, 0.1) is 17.1 Å². The number of phenolic OH excluding ortho intramolecular Hbond substituents is 1. The number of ether oxygens (including phenoxy) is 1. The Morgan fingerprint density at radius 3 is 2.64 bits per heavy atom. The molecule has 1 N–H and O–H groups in total. The van der Waals surface area contributed by atoms with Crippen LogP contribution in [-0.2, 0) is 4.79 Å². The monoisotopic (exact) mass is 551 g/mol. The van der Waals surface area contributed by atoms with E-state index >= 15 is 4.39 Å². The van der Waals surface area contributed by atoms with Gasteiger partial charge in [-0.2, -0.15) is 5.26 Å². The Bertz CT molecular complexity index is 1580. The Labute approximate surface area is 229 Å². The van der Waals surface area contributed by atoms with Gasteiger partial charge in [0.2, 0.25) is 5.91 Å². The van der Waals surface area contributed by atoms with Crippen molar-refractivity contribution < 1.29 is 19.0 Å². The van der Waals surface area contributed by atoms with Gasteiger partial charge in [-0.15, -0.1) is 0 Å². The van der Waals surface area contributed by atoms with Crippen molar-refractivity contribution in [1.82, 2.24) is 14.4 Å². The van der Waals surface area contributed by atoms with Crippen LogP contribution in [0.25, 0.3) is 22.0 Å². The number of hydrogen-bond acceptors (Lipinski definition) is 7. The van der Waals surface area contributed by atoms with Crippen LogP contribution < -0.4 is 15.2 Å². The number of benzene rings is 2. The highest BCUT2D eigenvalue weighted by Crippen LogP contribution is 2.50. The summed E-state index contributed by atoms with van der Waals surface area (Å²) in [4.78, 5) is 31.6. The number of nitriles is 1. The topological polar surface area (TPSA) is 102 Å². The van der Waals surface area contributed by atoms with Gasteiger partial charge in [-0.05, 0) is 38.4 Å². The van der Waals surface area contributed by atoms with Crippen LogP contribution in [0.2, 0.25) is 5.02 Å². The number of nitrogens with zero attached hydrogens (tertiary/aromatic N) is 5. The predicted molar refractivity (Wildman–Crippen MR) is 147 cm³/mol. The lowest BCUT2D eigenvalue weighted by Gasteiger charge is -2.38. The van der Waals surface area contributed by atoms with E-state index < -0.39 is 17.4 Å². The van der Waals surface area contributed by atoms with E-state index in [-0.39, 0.29) is 45.7 Å². The van der Waals surface area contributed by atoms with Crippen LogP contribution in [0.3, 0.4) is 0 Å². The van der Waals surface area contributed by atoms with Crippen LogP contribution in [0.15, 0.2) is 41.7 Å². The molecule has 39 heavy (non-hydrogen) atoms. The number of hydrogen-bond donors (Lipinski definition) is 1. The third-order valence-electron chi connectivity index (χ3n) is 7.17. The minimum atomic E-state index is -0.697. The van der Waals surface area contributed by atoms with Gasteiger partial charge in [0.25, 0.3) is 5.56 Å². The first kappa shape index (κ1) is 26.5. The largest absolute Gasteiger partial charge is 0.507 e. The summed E-state index contributed by atoms with van der Waals surface area (Å²) in [6, 6.07) is 7.21. The molecule has 0 spiro atoms. The number of amides is 1. The highest BCUT2D eigenvalue weighted by molar-refractivity contribution is 6.35. The summed E-state index contributed by atoms with van der Waals surface area (Å²) >= 11 is 6.77. The van der Waals surface area contributed by atoms with Gasteiger partial charge in [0.05, 0.1) is 33.4 Å². The van der Waals surface area contributed by atoms with Crippen molar-refractivity contribution in [2.75, 3.05) is 58.3 Å². The number of aromatic nitrogens is 1. The maximum absolute atomic E-state index is 15.1. The van der Waals surface area contributed by atoms with E-state index in [0.717, 1.165) is 0 Å². The predicted octanol–water partition coefficient (Wildman–Crippen LogP) is 3.37. The van der Waals surface area contributed by atoms with Crippen molar-refractivity contribution in [2.45, 2.75) is 6.04 Å². The van der Waals surface area contributed by atoms with Gasteiger partial charge in [-0.3, -0.25) is 14.2 Å². The fourth-order valence-corrected chi connectivity index (χ4v) is 5.78. The first-order valence-electron chi connectivity index (χ1n) is 12.4. The molecule has 5 rings (SSSR count). The SMILES string of the molecule is C=CC(=O)N1CCN(c2c(C#N)c(=O)n3c4c(c(-c5c(O)cccc5F)c(Cl)cc24)OC[C@@H]3CN(C)C)CC1. The lowest BCUT2D eigenvalue weighted by Crippen LogP contribution is -2.49. The van der Waals surface area contributed by atoms with E-state index in [2.05, 4.69) is 12.6 Å². The number of carbonyl (C=O) groups excluding carboxylic acids is 1. The van der Waals surface area contributed by atoms with Crippen LogP contribution in [0.5, 0.6) is 11.5 Å². The Morgan fingerprint density at radius 1 is 1.31 bits per heavy atom. The van der Waals surface area contributed by atoms with E-state index in [1.165, 1.54) is 28.8 Å². The number of anilines is 1. The van der Waals surface area contributed by atoms with Gasteiger partial charge < -0.3 is 24.5 Å². The second kappa shape index (κ2) is 10.2. The molecule has 3 heterocycles. The molecule has 2 aromatic carbocycles. The maximum atomic E-state index is 15.1. The van der Waals surface area contributed by atoms with Crippen molar-refractivity contribution in [3.63, 3.8) is 0 Å². The second-order valence-electron chi connectivity index (χ2n) is 9.85. The van der Waals surface area contributed by atoms with Gasteiger partial charge in [-0.1, -0.05) is 24.2 Å². The molecule has 0 aliphatic carbocycles. The Balaban J connectivity index is 1.82. The molecule has 1 aromatic heterocycles. The third-order valence-corrected chi connectivity index (χ3v) is 7.47. The molecule has 2 aliphatic rings. The van der Waals surface area contributed by atoms with Crippen LogP contribution in [0.1, 0.15) is 11.6 Å². The molecule has 0 bridgehead atoms. The van der Waals surface area contributed by atoms with Gasteiger partial charge in [-0.25, -0.2) is 4.39 Å². The number of aromatic hydroxyl groups is 1. The number of rotatable bonds is 5. The molecule has 1 amide bonds. The zero-order valence-electron chi connectivity index (χ0n) is 21.6. The number of piperazine rings is 1. The molecule has 11 heteroatoms. The zero-order chi connectivity index (χ0) is 28.0. The van der Waals surface area contributed by atoms with Crippen LogP contribution in [0.4, 0.5) is 10.1 Å². The van der Waals surface area contributed by atoms with Crippen molar-refractivity contribution >= 4 is 34.1 Å². The van der Waals surface area contributed by atoms with Gasteiger partial charge >= 0.3 is 0 Å². The fourth-order valence-electron chi connectivity index (χ4n) is 5.49. The van der Waals surface area contributed by atoms with Crippen molar-refractivity contribution in [2.24, 2.45) is 0 Å².